The number of hydrogen-bond donors (Lipinski definition) is 0. The van der Waals surface area contributed by atoms with Gasteiger partial charge in [-0.1, -0.05) is 6.07 Å². The largest absolute Gasteiger partial charge is 0.486 e. The predicted octanol–water partition coefficient (Wildman–Crippen LogP) is 1.63. The molecule has 0 unspecified atom stereocenters. The number of hydrogen-bond acceptors (Lipinski definition) is 4. The molecular formula is C20H22N3O3+. The van der Waals surface area contributed by atoms with E-state index < -0.39 is 0 Å². The molecule has 26 heavy (non-hydrogen) atoms. The molecule has 0 radical (unpaired) electrons. The maximum Gasteiger partial charge on any atom is 0.246 e. The minimum Gasteiger partial charge on any atom is -0.486 e. The second kappa shape index (κ2) is 7.47. The fraction of sp³-hybridized carbons (Fsp3) is 0.300. The molecule has 4 rings (SSSR count). The Morgan fingerprint density at radius 1 is 0.962 bits per heavy atom. The number of H-pyrrole nitrogens is 1. The molecule has 1 amide bonds. The van der Waals surface area contributed by atoms with Crippen molar-refractivity contribution in [1.82, 2.24) is 4.90 Å². The quantitative estimate of drug-likeness (QED) is 0.788. The fourth-order valence-electron chi connectivity index (χ4n) is 3.21. The molecule has 0 atom stereocenters. The second-order valence-electron chi connectivity index (χ2n) is 6.31. The van der Waals surface area contributed by atoms with Crippen LogP contribution in [0.4, 0.5) is 5.69 Å². The van der Waals surface area contributed by atoms with Crippen LogP contribution in [-0.2, 0) is 4.79 Å². The zero-order valence-electron chi connectivity index (χ0n) is 14.6. The van der Waals surface area contributed by atoms with Crippen molar-refractivity contribution in [1.29, 1.82) is 0 Å². The highest BCUT2D eigenvalue weighted by Crippen LogP contribution is 2.31. The summed E-state index contributed by atoms with van der Waals surface area (Å²) >= 11 is 0. The van der Waals surface area contributed by atoms with Gasteiger partial charge in [0, 0.05) is 50.1 Å². The Kier molecular flexibility index (Phi) is 4.73. The maximum atomic E-state index is 12.5. The summed E-state index contributed by atoms with van der Waals surface area (Å²) in [6, 6.07) is 9.83. The molecule has 134 valence electrons. The number of nitrogens with zero attached hydrogens (tertiary/aromatic N) is 2. The molecule has 6 heteroatoms. The lowest BCUT2D eigenvalue weighted by molar-refractivity contribution is -0.377. The third kappa shape index (κ3) is 3.64. The van der Waals surface area contributed by atoms with E-state index in [1.54, 1.807) is 6.08 Å². The normalized spacial score (nSPS) is 16.8. The van der Waals surface area contributed by atoms with Gasteiger partial charge in [0.15, 0.2) is 23.9 Å². The minimum absolute atomic E-state index is 0.0425. The molecule has 1 N–H and O–H groups in total. The summed E-state index contributed by atoms with van der Waals surface area (Å²) in [5, 5.41) is 0. The SMILES string of the molecule is O=C(/C=C/c1ccc2c(c1)OCCO2)N1CCN(c2cc[nH+]cc2)CC1. The first-order valence-corrected chi connectivity index (χ1v) is 8.87. The number of benzene rings is 1. The Morgan fingerprint density at radius 2 is 1.69 bits per heavy atom. The van der Waals surface area contributed by atoms with Gasteiger partial charge in [-0.2, -0.15) is 0 Å². The van der Waals surface area contributed by atoms with E-state index in [1.807, 2.05) is 41.6 Å². The first kappa shape index (κ1) is 16.4. The van der Waals surface area contributed by atoms with E-state index in [4.69, 9.17) is 9.47 Å². The van der Waals surface area contributed by atoms with E-state index in [-0.39, 0.29) is 5.91 Å². The number of amides is 1. The number of carbonyl (C=O) groups is 1. The van der Waals surface area contributed by atoms with Crippen molar-refractivity contribution in [2.75, 3.05) is 44.3 Å². The first-order chi connectivity index (χ1) is 12.8. The third-order valence-corrected chi connectivity index (χ3v) is 4.64. The number of ether oxygens (including phenoxy) is 2. The van der Waals surface area contributed by atoms with E-state index in [1.165, 1.54) is 5.69 Å². The topological polar surface area (TPSA) is 56.2 Å². The molecule has 2 aromatic rings. The van der Waals surface area contributed by atoms with Crippen LogP contribution in [0.2, 0.25) is 0 Å². The van der Waals surface area contributed by atoms with Crippen molar-refractivity contribution in [2.45, 2.75) is 0 Å². The average molecular weight is 352 g/mol. The Balaban J connectivity index is 1.35. The lowest BCUT2D eigenvalue weighted by atomic mass is 10.1. The number of aromatic amines is 1. The fourth-order valence-corrected chi connectivity index (χ4v) is 3.21. The molecule has 1 fully saturated rings. The van der Waals surface area contributed by atoms with Crippen LogP contribution in [-0.4, -0.2) is 50.2 Å². The van der Waals surface area contributed by atoms with Gasteiger partial charge in [0.2, 0.25) is 5.91 Å². The van der Waals surface area contributed by atoms with Crippen LogP contribution in [0.25, 0.3) is 6.08 Å². The summed E-state index contributed by atoms with van der Waals surface area (Å²) in [4.78, 5) is 19.7. The summed E-state index contributed by atoms with van der Waals surface area (Å²) in [6.45, 7) is 4.27. The predicted molar refractivity (Wildman–Crippen MR) is 98.3 cm³/mol. The van der Waals surface area contributed by atoms with Crippen LogP contribution in [0.15, 0.2) is 48.8 Å². The average Bonchev–Trinajstić information content (AvgIpc) is 2.72. The van der Waals surface area contributed by atoms with Crippen LogP contribution in [0.1, 0.15) is 5.56 Å². The van der Waals surface area contributed by atoms with Crippen molar-refractivity contribution in [2.24, 2.45) is 0 Å². The number of nitrogens with one attached hydrogen (secondary N) is 1. The van der Waals surface area contributed by atoms with Gasteiger partial charge >= 0.3 is 0 Å². The van der Waals surface area contributed by atoms with Crippen LogP contribution in [0.5, 0.6) is 11.5 Å². The van der Waals surface area contributed by atoms with Crippen molar-refractivity contribution in [3.63, 3.8) is 0 Å². The Hall–Kier alpha value is -3.02. The minimum atomic E-state index is 0.0425. The van der Waals surface area contributed by atoms with Crippen molar-refractivity contribution < 1.29 is 19.3 Å². The zero-order chi connectivity index (χ0) is 17.8. The summed E-state index contributed by atoms with van der Waals surface area (Å²) < 4.78 is 11.1. The highest BCUT2D eigenvalue weighted by Gasteiger charge is 2.20. The van der Waals surface area contributed by atoms with Gasteiger partial charge < -0.3 is 19.3 Å². The number of anilines is 1. The molecule has 0 saturated carbocycles. The smallest absolute Gasteiger partial charge is 0.246 e. The van der Waals surface area contributed by atoms with E-state index in [0.29, 0.717) is 13.2 Å². The molecule has 1 saturated heterocycles. The lowest BCUT2D eigenvalue weighted by Crippen LogP contribution is -2.48. The van der Waals surface area contributed by atoms with E-state index in [2.05, 4.69) is 22.0 Å². The molecule has 0 aliphatic carbocycles. The Morgan fingerprint density at radius 3 is 2.46 bits per heavy atom. The monoisotopic (exact) mass is 352 g/mol. The van der Waals surface area contributed by atoms with Gasteiger partial charge in [0.1, 0.15) is 13.2 Å². The first-order valence-electron chi connectivity index (χ1n) is 8.87. The van der Waals surface area contributed by atoms with Crippen molar-refractivity contribution >= 4 is 17.7 Å². The molecule has 1 aromatic heterocycles. The van der Waals surface area contributed by atoms with Gasteiger partial charge in [-0.3, -0.25) is 4.79 Å². The van der Waals surface area contributed by atoms with Gasteiger partial charge in [0.05, 0.1) is 0 Å². The van der Waals surface area contributed by atoms with Crippen molar-refractivity contribution in [3.8, 4) is 11.5 Å². The number of carbonyl (C=O) groups excluding carboxylic acids is 1. The third-order valence-electron chi connectivity index (χ3n) is 4.64. The molecular weight excluding hydrogens is 330 g/mol. The molecule has 3 heterocycles. The Labute approximate surface area is 152 Å². The van der Waals surface area contributed by atoms with Gasteiger partial charge in [0.25, 0.3) is 0 Å². The lowest BCUT2D eigenvalue weighted by Gasteiger charge is -2.35. The number of piperazine rings is 1. The van der Waals surface area contributed by atoms with Gasteiger partial charge in [-0.15, -0.1) is 0 Å². The molecule has 2 aliphatic rings. The standard InChI is InChI=1S/C20H21N3O3/c24-20(4-2-16-1-3-18-19(15-16)26-14-13-25-18)23-11-9-22(10-12-23)17-5-7-21-8-6-17/h1-8,15H,9-14H2/p+1/b4-2+. The highest BCUT2D eigenvalue weighted by atomic mass is 16.6. The summed E-state index contributed by atoms with van der Waals surface area (Å²) in [5.74, 6) is 1.54. The van der Waals surface area contributed by atoms with E-state index in [0.717, 1.165) is 43.2 Å². The Bertz CT molecular complexity index is 799. The second-order valence-corrected chi connectivity index (χ2v) is 6.31. The zero-order valence-corrected chi connectivity index (χ0v) is 14.6. The number of rotatable bonds is 3. The molecule has 0 bridgehead atoms. The van der Waals surface area contributed by atoms with Crippen LogP contribution in [0.3, 0.4) is 0 Å². The van der Waals surface area contributed by atoms with Crippen LogP contribution >= 0.6 is 0 Å². The summed E-state index contributed by atoms with van der Waals surface area (Å²) in [7, 11) is 0. The van der Waals surface area contributed by atoms with E-state index in [9.17, 15) is 4.79 Å². The molecule has 1 aromatic carbocycles. The maximum absolute atomic E-state index is 12.5. The number of aromatic nitrogens is 1. The molecule has 0 spiro atoms. The van der Waals surface area contributed by atoms with Gasteiger partial charge in [-0.05, 0) is 23.8 Å². The molecule has 2 aliphatic heterocycles. The van der Waals surface area contributed by atoms with Crippen LogP contribution < -0.4 is 19.4 Å². The number of pyridine rings is 1. The number of fused-ring (bicyclic) bond motifs is 1. The van der Waals surface area contributed by atoms with Gasteiger partial charge in [-0.25, -0.2) is 4.98 Å². The van der Waals surface area contributed by atoms with E-state index >= 15 is 0 Å². The highest BCUT2D eigenvalue weighted by molar-refractivity contribution is 5.92. The summed E-state index contributed by atoms with van der Waals surface area (Å²) in [6.07, 6.45) is 7.31. The molecule has 6 nitrogen and oxygen atoms in total. The van der Waals surface area contributed by atoms with Crippen LogP contribution in [0, 0.1) is 0 Å². The summed E-state index contributed by atoms with van der Waals surface area (Å²) in [5.41, 5.74) is 2.12. The van der Waals surface area contributed by atoms with Crippen molar-refractivity contribution in [3.05, 3.63) is 54.4 Å².